The van der Waals surface area contributed by atoms with E-state index in [0.717, 1.165) is 0 Å². The minimum atomic E-state index is -1.01. The number of carboxylic acids is 1. The fourth-order valence-electron chi connectivity index (χ4n) is 2.40. The molecule has 0 saturated heterocycles. The fraction of sp³-hybridized carbons (Fsp3) is 0.0556. The number of carbonyl (C=O) groups excluding carboxylic acids is 1. The average molecular weight is 322 g/mol. The first-order chi connectivity index (χ1) is 11.6. The van der Waals surface area contributed by atoms with Gasteiger partial charge in [-0.2, -0.15) is 0 Å². The number of hydrogen-bond donors (Lipinski definition) is 2. The van der Waals surface area contributed by atoms with Crippen LogP contribution in [0.25, 0.3) is 10.9 Å². The molecule has 0 aliphatic rings. The van der Waals surface area contributed by atoms with Gasteiger partial charge in [0, 0.05) is 22.8 Å². The van der Waals surface area contributed by atoms with Gasteiger partial charge in [0.15, 0.2) is 0 Å². The number of pyridine rings is 1. The highest BCUT2D eigenvalue weighted by atomic mass is 16.5. The van der Waals surface area contributed by atoms with Gasteiger partial charge in [-0.05, 0) is 42.5 Å². The van der Waals surface area contributed by atoms with Crippen molar-refractivity contribution in [2.75, 3.05) is 12.4 Å². The average Bonchev–Trinajstić information content (AvgIpc) is 2.61. The zero-order valence-corrected chi connectivity index (χ0v) is 12.8. The van der Waals surface area contributed by atoms with Gasteiger partial charge in [-0.3, -0.25) is 9.78 Å². The normalized spacial score (nSPS) is 10.4. The molecule has 2 N–H and O–H groups in total. The lowest BCUT2D eigenvalue weighted by Crippen LogP contribution is -2.13. The second-order valence-corrected chi connectivity index (χ2v) is 5.05. The van der Waals surface area contributed by atoms with Crippen LogP contribution in [0.3, 0.4) is 0 Å². The van der Waals surface area contributed by atoms with E-state index in [4.69, 9.17) is 9.84 Å². The predicted molar refractivity (Wildman–Crippen MR) is 89.6 cm³/mol. The summed E-state index contributed by atoms with van der Waals surface area (Å²) in [6, 6.07) is 12.9. The monoisotopic (exact) mass is 322 g/mol. The van der Waals surface area contributed by atoms with Gasteiger partial charge in [-0.15, -0.1) is 0 Å². The van der Waals surface area contributed by atoms with Crippen LogP contribution >= 0.6 is 0 Å². The second-order valence-electron chi connectivity index (χ2n) is 5.05. The van der Waals surface area contributed by atoms with Crippen molar-refractivity contribution < 1.29 is 19.4 Å². The van der Waals surface area contributed by atoms with Gasteiger partial charge in [-0.25, -0.2) is 4.79 Å². The highest BCUT2D eigenvalue weighted by molar-refractivity contribution is 6.13. The minimum absolute atomic E-state index is 0.159. The van der Waals surface area contributed by atoms with Gasteiger partial charge in [-0.1, -0.05) is 6.07 Å². The van der Waals surface area contributed by atoms with Crippen molar-refractivity contribution in [3.05, 3.63) is 65.9 Å². The van der Waals surface area contributed by atoms with Gasteiger partial charge >= 0.3 is 5.97 Å². The Morgan fingerprint density at radius 3 is 2.50 bits per heavy atom. The Kier molecular flexibility index (Phi) is 4.11. The van der Waals surface area contributed by atoms with Crippen LogP contribution in [0.2, 0.25) is 0 Å². The predicted octanol–water partition coefficient (Wildman–Crippen LogP) is 3.19. The Labute approximate surface area is 137 Å². The second kappa shape index (κ2) is 6.37. The zero-order chi connectivity index (χ0) is 17.1. The smallest absolute Gasteiger partial charge is 0.335 e. The quantitative estimate of drug-likeness (QED) is 0.770. The number of fused-ring (bicyclic) bond motifs is 1. The topological polar surface area (TPSA) is 88.5 Å². The van der Waals surface area contributed by atoms with E-state index in [1.54, 1.807) is 49.7 Å². The maximum absolute atomic E-state index is 12.6. The summed E-state index contributed by atoms with van der Waals surface area (Å²) in [6.45, 7) is 0. The summed E-state index contributed by atoms with van der Waals surface area (Å²) in [6.07, 6.45) is 1.64. The zero-order valence-electron chi connectivity index (χ0n) is 12.8. The van der Waals surface area contributed by atoms with Crippen molar-refractivity contribution in [3.8, 4) is 5.75 Å². The third-order valence-electron chi connectivity index (χ3n) is 3.59. The van der Waals surface area contributed by atoms with Crippen molar-refractivity contribution in [1.29, 1.82) is 0 Å². The molecule has 24 heavy (non-hydrogen) atoms. The molecule has 3 rings (SSSR count). The number of amides is 1. The number of nitrogens with one attached hydrogen (secondary N) is 1. The molecule has 3 aromatic rings. The summed E-state index contributed by atoms with van der Waals surface area (Å²) >= 11 is 0. The number of nitrogens with zero attached hydrogens (tertiary/aromatic N) is 1. The van der Waals surface area contributed by atoms with E-state index in [9.17, 15) is 9.59 Å². The number of rotatable bonds is 4. The number of hydrogen-bond acceptors (Lipinski definition) is 4. The number of carbonyl (C=O) groups is 2. The summed E-state index contributed by atoms with van der Waals surface area (Å²) in [4.78, 5) is 27.7. The maximum atomic E-state index is 12.6. The highest BCUT2D eigenvalue weighted by Gasteiger charge is 2.14. The van der Waals surface area contributed by atoms with E-state index >= 15 is 0 Å². The Bertz CT molecular complexity index is 920. The van der Waals surface area contributed by atoms with Crippen LogP contribution in [0.1, 0.15) is 20.7 Å². The number of ether oxygens (including phenoxy) is 1. The van der Waals surface area contributed by atoms with Gasteiger partial charge < -0.3 is 15.2 Å². The molecule has 0 saturated carbocycles. The molecule has 2 aromatic carbocycles. The molecule has 1 amide bonds. The molecule has 0 unspecified atom stereocenters. The van der Waals surface area contributed by atoms with Gasteiger partial charge in [0.05, 0.1) is 12.7 Å². The third-order valence-corrected chi connectivity index (χ3v) is 3.59. The lowest BCUT2D eigenvalue weighted by atomic mass is 10.1. The van der Waals surface area contributed by atoms with Crippen LogP contribution in [0.5, 0.6) is 5.75 Å². The van der Waals surface area contributed by atoms with E-state index < -0.39 is 5.97 Å². The number of benzene rings is 2. The molecule has 0 aliphatic heterocycles. The highest BCUT2D eigenvalue weighted by Crippen LogP contribution is 2.27. The lowest BCUT2D eigenvalue weighted by molar-refractivity contribution is 0.0696. The summed E-state index contributed by atoms with van der Waals surface area (Å²) in [5.41, 5.74) is 1.74. The number of aromatic nitrogens is 1. The number of aromatic carboxylic acids is 1. The van der Waals surface area contributed by atoms with E-state index in [1.165, 1.54) is 12.1 Å². The first-order valence-corrected chi connectivity index (χ1v) is 7.16. The van der Waals surface area contributed by atoms with E-state index in [-0.39, 0.29) is 11.5 Å². The molecule has 6 heteroatoms. The van der Waals surface area contributed by atoms with Crippen LogP contribution < -0.4 is 10.1 Å². The van der Waals surface area contributed by atoms with Crippen LogP contribution in [0.4, 0.5) is 5.69 Å². The van der Waals surface area contributed by atoms with Crippen molar-refractivity contribution in [2.24, 2.45) is 0 Å². The molecular weight excluding hydrogens is 308 g/mol. The molecule has 0 bridgehead atoms. The molecular formula is C18H14N2O4. The summed E-state index contributed by atoms with van der Waals surface area (Å²) in [7, 11) is 1.55. The number of methoxy groups -OCH3 is 1. The molecule has 120 valence electrons. The van der Waals surface area contributed by atoms with Crippen LogP contribution in [-0.4, -0.2) is 29.1 Å². The van der Waals surface area contributed by atoms with E-state index in [1.807, 2.05) is 0 Å². The Morgan fingerprint density at radius 2 is 1.83 bits per heavy atom. The minimum Gasteiger partial charge on any atom is -0.494 e. The van der Waals surface area contributed by atoms with Gasteiger partial charge in [0.1, 0.15) is 11.3 Å². The maximum Gasteiger partial charge on any atom is 0.335 e. The van der Waals surface area contributed by atoms with Gasteiger partial charge in [0.2, 0.25) is 0 Å². The molecule has 0 radical (unpaired) electrons. The standard InChI is InChI=1S/C18H14N2O4/c1-24-15-9-8-14(13-3-2-10-19-16(13)15)17(21)20-12-6-4-11(5-7-12)18(22)23/h2-10H,1H3,(H,20,21)(H,22,23). The first kappa shape index (κ1) is 15.5. The van der Waals surface area contributed by atoms with Crippen molar-refractivity contribution in [1.82, 2.24) is 4.98 Å². The summed E-state index contributed by atoms with van der Waals surface area (Å²) in [5, 5.41) is 12.3. The molecule has 0 aliphatic carbocycles. The molecule has 0 spiro atoms. The van der Waals surface area contributed by atoms with Crippen LogP contribution in [-0.2, 0) is 0 Å². The van der Waals surface area contributed by atoms with E-state index in [2.05, 4.69) is 10.3 Å². The largest absolute Gasteiger partial charge is 0.494 e. The molecule has 0 atom stereocenters. The van der Waals surface area contributed by atoms with Crippen LogP contribution in [0.15, 0.2) is 54.7 Å². The fourth-order valence-corrected chi connectivity index (χ4v) is 2.40. The Hall–Kier alpha value is -3.41. The Balaban J connectivity index is 1.93. The number of anilines is 1. The molecule has 0 fully saturated rings. The third kappa shape index (κ3) is 2.89. The summed E-state index contributed by atoms with van der Waals surface area (Å²) in [5.74, 6) is -0.730. The lowest BCUT2D eigenvalue weighted by Gasteiger charge is -2.10. The first-order valence-electron chi connectivity index (χ1n) is 7.16. The van der Waals surface area contributed by atoms with Crippen molar-refractivity contribution in [2.45, 2.75) is 0 Å². The van der Waals surface area contributed by atoms with Gasteiger partial charge in [0.25, 0.3) is 5.91 Å². The SMILES string of the molecule is COc1ccc(C(=O)Nc2ccc(C(=O)O)cc2)c2cccnc12. The molecule has 6 nitrogen and oxygen atoms in total. The van der Waals surface area contributed by atoms with Crippen molar-refractivity contribution in [3.63, 3.8) is 0 Å². The Morgan fingerprint density at radius 1 is 1.08 bits per heavy atom. The summed E-state index contributed by atoms with van der Waals surface area (Å²) < 4.78 is 5.27. The number of carboxylic acid groups (broad SMARTS) is 1. The molecule has 1 heterocycles. The van der Waals surface area contributed by atoms with Crippen molar-refractivity contribution >= 4 is 28.5 Å². The molecule has 1 aromatic heterocycles. The van der Waals surface area contributed by atoms with Crippen LogP contribution in [0, 0.1) is 0 Å². The van der Waals surface area contributed by atoms with E-state index in [0.29, 0.717) is 27.9 Å².